The maximum atomic E-state index is 10.7. The lowest BCUT2D eigenvalue weighted by Gasteiger charge is -2.22. The molecule has 0 aliphatic heterocycles. The number of aliphatic carboxylic acids is 2. The van der Waals surface area contributed by atoms with Crippen molar-refractivity contribution < 1.29 is 19.8 Å². The highest BCUT2D eigenvalue weighted by Crippen LogP contribution is 2.29. The molecule has 0 saturated heterocycles. The fourth-order valence-corrected chi connectivity index (χ4v) is 0.835. The first-order valence-electron chi connectivity index (χ1n) is 3.71. The van der Waals surface area contributed by atoms with Crippen molar-refractivity contribution in [1.29, 1.82) is 5.26 Å². The molecule has 0 amide bonds. The number of carboxylic acids is 2. The summed E-state index contributed by atoms with van der Waals surface area (Å²) in [5.41, 5.74) is -1.63. The minimum absolute atomic E-state index is 0.323. The van der Waals surface area contributed by atoms with Gasteiger partial charge in [0, 0.05) is 6.42 Å². The minimum atomic E-state index is -1.63. The standard InChI is InChI=1S/C8H11NO4/c1-5(3-6(10)11)8(2,4-9)7(12)13/h5H,3H2,1-2H3,(H,10,11)(H,12,13)/t5-,8+/m1/s1. The van der Waals surface area contributed by atoms with Crippen LogP contribution in [0.1, 0.15) is 20.3 Å². The zero-order valence-electron chi connectivity index (χ0n) is 7.44. The third-order valence-electron chi connectivity index (χ3n) is 2.14. The zero-order valence-corrected chi connectivity index (χ0v) is 7.44. The molecule has 0 spiro atoms. The lowest BCUT2D eigenvalue weighted by Crippen LogP contribution is -2.34. The SMILES string of the molecule is C[C@H](CC(=O)O)[C@](C)(C#N)C(=O)O. The van der Waals surface area contributed by atoms with Crippen LogP contribution in [-0.4, -0.2) is 22.2 Å². The summed E-state index contributed by atoms with van der Waals surface area (Å²) >= 11 is 0. The topological polar surface area (TPSA) is 98.4 Å². The Kier molecular flexibility index (Phi) is 3.43. The maximum Gasteiger partial charge on any atom is 0.324 e. The fourth-order valence-electron chi connectivity index (χ4n) is 0.835. The number of hydrogen-bond acceptors (Lipinski definition) is 3. The van der Waals surface area contributed by atoms with E-state index in [1.54, 1.807) is 6.07 Å². The molecule has 0 bridgehead atoms. The van der Waals surface area contributed by atoms with Crippen molar-refractivity contribution in [3.8, 4) is 6.07 Å². The molecule has 5 heteroatoms. The van der Waals surface area contributed by atoms with E-state index in [0.29, 0.717) is 0 Å². The van der Waals surface area contributed by atoms with Gasteiger partial charge >= 0.3 is 11.9 Å². The Balaban J connectivity index is 4.69. The van der Waals surface area contributed by atoms with E-state index in [4.69, 9.17) is 15.5 Å². The van der Waals surface area contributed by atoms with Crippen molar-refractivity contribution in [2.75, 3.05) is 0 Å². The summed E-state index contributed by atoms with van der Waals surface area (Å²) in [6, 6.07) is 1.62. The van der Waals surface area contributed by atoms with Gasteiger partial charge in [-0.2, -0.15) is 5.26 Å². The lowest BCUT2D eigenvalue weighted by atomic mass is 9.78. The van der Waals surface area contributed by atoms with E-state index in [2.05, 4.69) is 0 Å². The van der Waals surface area contributed by atoms with Crippen LogP contribution >= 0.6 is 0 Å². The van der Waals surface area contributed by atoms with Crippen LogP contribution in [0.25, 0.3) is 0 Å². The molecule has 0 aliphatic carbocycles. The molecule has 0 rings (SSSR count). The quantitative estimate of drug-likeness (QED) is 0.672. The van der Waals surface area contributed by atoms with E-state index in [1.165, 1.54) is 13.8 Å². The molecule has 0 aliphatic rings. The van der Waals surface area contributed by atoms with Crippen LogP contribution < -0.4 is 0 Å². The van der Waals surface area contributed by atoms with Crippen LogP contribution in [-0.2, 0) is 9.59 Å². The summed E-state index contributed by atoms with van der Waals surface area (Å²) in [6.07, 6.45) is -0.323. The Hall–Kier alpha value is -1.57. The second-order valence-corrected chi connectivity index (χ2v) is 3.12. The average Bonchev–Trinajstić information content (AvgIpc) is 2.01. The van der Waals surface area contributed by atoms with Gasteiger partial charge in [0.1, 0.15) is 0 Å². The zero-order chi connectivity index (χ0) is 10.6. The number of rotatable bonds is 4. The molecule has 0 heterocycles. The summed E-state index contributed by atoms with van der Waals surface area (Å²) in [5.74, 6) is -3.11. The van der Waals surface area contributed by atoms with Crippen LogP contribution in [0.3, 0.4) is 0 Å². The summed E-state index contributed by atoms with van der Waals surface area (Å²) in [4.78, 5) is 21.0. The summed E-state index contributed by atoms with van der Waals surface area (Å²) in [6.45, 7) is 2.66. The van der Waals surface area contributed by atoms with E-state index >= 15 is 0 Å². The van der Waals surface area contributed by atoms with Gasteiger partial charge in [-0.25, -0.2) is 0 Å². The molecule has 0 aromatic rings. The second-order valence-electron chi connectivity index (χ2n) is 3.12. The van der Waals surface area contributed by atoms with Crippen LogP contribution in [0.15, 0.2) is 0 Å². The van der Waals surface area contributed by atoms with Gasteiger partial charge in [-0.3, -0.25) is 9.59 Å². The number of carboxylic acid groups (broad SMARTS) is 2. The first-order valence-corrected chi connectivity index (χ1v) is 3.71. The van der Waals surface area contributed by atoms with Crippen LogP contribution in [0.4, 0.5) is 0 Å². The lowest BCUT2D eigenvalue weighted by molar-refractivity contribution is -0.148. The minimum Gasteiger partial charge on any atom is -0.481 e. The van der Waals surface area contributed by atoms with Gasteiger partial charge in [0.2, 0.25) is 0 Å². The molecule has 0 aromatic carbocycles. The van der Waals surface area contributed by atoms with Crippen LogP contribution in [0.2, 0.25) is 0 Å². The molecule has 2 N–H and O–H groups in total. The van der Waals surface area contributed by atoms with Crippen molar-refractivity contribution in [3.63, 3.8) is 0 Å². The molecule has 5 nitrogen and oxygen atoms in total. The van der Waals surface area contributed by atoms with Crippen molar-refractivity contribution in [3.05, 3.63) is 0 Å². The van der Waals surface area contributed by atoms with Crippen molar-refractivity contribution in [2.24, 2.45) is 11.3 Å². The number of carbonyl (C=O) groups is 2. The van der Waals surface area contributed by atoms with Gasteiger partial charge in [-0.15, -0.1) is 0 Å². The summed E-state index contributed by atoms with van der Waals surface area (Å²) < 4.78 is 0. The molecular weight excluding hydrogens is 174 g/mol. The van der Waals surface area contributed by atoms with E-state index in [-0.39, 0.29) is 6.42 Å². The van der Waals surface area contributed by atoms with Crippen LogP contribution in [0, 0.1) is 22.7 Å². The van der Waals surface area contributed by atoms with Gasteiger partial charge in [-0.05, 0) is 12.8 Å². The van der Waals surface area contributed by atoms with Gasteiger partial charge in [0.05, 0.1) is 6.07 Å². The summed E-state index contributed by atoms with van der Waals surface area (Å²) in [5, 5.41) is 25.7. The number of nitriles is 1. The Morgan fingerprint density at radius 2 is 2.00 bits per heavy atom. The predicted molar refractivity (Wildman–Crippen MR) is 42.8 cm³/mol. The van der Waals surface area contributed by atoms with E-state index in [0.717, 1.165) is 0 Å². The molecule has 0 saturated carbocycles. The van der Waals surface area contributed by atoms with Gasteiger partial charge < -0.3 is 10.2 Å². The highest BCUT2D eigenvalue weighted by Gasteiger charge is 2.40. The third kappa shape index (κ3) is 2.44. The Morgan fingerprint density at radius 3 is 2.23 bits per heavy atom. The number of hydrogen-bond donors (Lipinski definition) is 2. The van der Waals surface area contributed by atoms with E-state index in [9.17, 15) is 9.59 Å². The Labute approximate surface area is 75.6 Å². The van der Waals surface area contributed by atoms with E-state index < -0.39 is 23.3 Å². The fraction of sp³-hybridized carbons (Fsp3) is 0.625. The van der Waals surface area contributed by atoms with E-state index in [1.807, 2.05) is 0 Å². The van der Waals surface area contributed by atoms with Gasteiger partial charge in [0.15, 0.2) is 5.41 Å². The molecule has 0 fully saturated rings. The molecular formula is C8H11NO4. The number of nitrogens with zero attached hydrogens (tertiary/aromatic N) is 1. The van der Waals surface area contributed by atoms with Crippen molar-refractivity contribution >= 4 is 11.9 Å². The molecule has 0 aromatic heterocycles. The molecule has 72 valence electrons. The Morgan fingerprint density at radius 1 is 1.54 bits per heavy atom. The van der Waals surface area contributed by atoms with Crippen LogP contribution in [0.5, 0.6) is 0 Å². The molecule has 13 heavy (non-hydrogen) atoms. The van der Waals surface area contributed by atoms with Crippen molar-refractivity contribution in [1.82, 2.24) is 0 Å². The monoisotopic (exact) mass is 185 g/mol. The predicted octanol–water partition coefficient (Wildman–Crippen LogP) is 0.712. The Bertz CT molecular complexity index is 268. The summed E-state index contributed by atoms with van der Waals surface area (Å²) in [7, 11) is 0. The highest BCUT2D eigenvalue weighted by atomic mass is 16.4. The normalized spacial score (nSPS) is 16.7. The smallest absolute Gasteiger partial charge is 0.324 e. The molecule has 0 unspecified atom stereocenters. The molecule has 2 atom stereocenters. The second kappa shape index (κ2) is 3.90. The highest BCUT2D eigenvalue weighted by molar-refractivity contribution is 5.79. The first kappa shape index (κ1) is 11.4. The largest absolute Gasteiger partial charge is 0.481 e. The van der Waals surface area contributed by atoms with Crippen molar-refractivity contribution in [2.45, 2.75) is 20.3 Å². The molecule has 0 radical (unpaired) electrons. The average molecular weight is 185 g/mol. The van der Waals surface area contributed by atoms with Gasteiger partial charge in [0.25, 0.3) is 0 Å². The third-order valence-corrected chi connectivity index (χ3v) is 2.14. The van der Waals surface area contributed by atoms with Gasteiger partial charge in [-0.1, -0.05) is 6.92 Å². The first-order chi connectivity index (χ1) is 5.84. The maximum absolute atomic E-state index is 10.7.